The van der Waals surface area contributed by atoms with E-state index in [9.17, 15) is 24.2 Å². The molecule has 0 rings (SSSR count). The van der Waals surface area contributed by atoms with Crippen LogP contribution in [0.15, 0.2) is 24.3 Å². The van der Waals surface area contributed by atoms with Gasteiger partial charge in [0.15, 0.2) is 6.10 Å². The van der Waals surface area contributed by atoms with Gasteiger partial charge in [-0.2, -0.15) is 0 Å². The van der Waals surface area contributed by atoms with Crippen LogP contribution in [0.5, 0.6) is 0 Å². The predicted octanol–water partition coefficient (Wildman–Crippen LogP) is 15.7. The minimum Gasteiger partial charge on any atom is -0.462 e. The van der Waals surface area contributed by atoms with Crippen molar-refractivity contribution < 1.29 is 47.8 Å². The fraction of sp³-hybridized carbons (Fsp3) is 0.889. The van der Waals surface area contributed by atoms with E-state index in [1.807, 2.05) is 0 Å². The smallest absolute Gasteiger partial charge is 0.462 e. The van der Waals surface area contributed by atoms with E-state index in [0.29, 0.717) is 12.8 Å². The van der Waals surface area contributed by atoms with E-state index < -0.39 is 51.8 Å². The van der Waals surface area contributed by atoms with Crippen LogP contribution in [0.1, 0.15) is 271 Å². The van der Waals surface area contributed by atoms with Crippen molar-refractivity contribution in [1.29, 1.82) is 0 Å². The lowest BCUT2D eigenvalue weighted by Crippen LogP contribution is -2.29. The Balaban J connectivity index is 4.14. The molecule has 0 aliphatic heterocycles. The molecule has 0 aromatic rings. The lowest BCUT2D eigenvalue weighted by atomic mass is 10.0. The van der Waals surface area contributed by atoms with E-state index in [2.05, 4.69) is 38.2 Å². The van der Waals surface area contributed by atoms with Crippen molar-refractivity contribution >= 4 is 19.8 Å². The van der Waals surface area contributed by atoms with Crippen molar-refractivity contribution in [3.8, 4) is 0 Å². The molecule has 1 unspecified atom stereocenters. The Bertz CT molecular complexity index is 1130. The summed E-state index contributed by atoms with van der Waals surface area (Å²) in [6, 6.07) is 0. The molecule has 10 nitrogen and oxygen atoms in total. The number of unbranched alkanes of at least 4 members (excludes halogenated alkanes) is 34. The molecule has 384 valence electrons. The van der Waals surface area contributed by atoms with Crippen LogP contribution in [0.4, 0.5) is 0 Å². The average molecular weight is 943 g/mol. The summed E-state index contributed by atoms with van der Waals surface area (Å²) in [4.78, 5) is 35.2. The van der Waals surface area contributed by atoms with Crippen molar-refractivity contribution in [2.75, 3.05) is 26.4 Å². The molecule has 65 heavy (non-hydrogen) atoms. The Morgan fingerprint density at radius 3 is 1.15 bits per heavy atom. The second-order valence-corrected chi connectivity index (χ2v) is 20.1. The van der Waals surface area contributed by atoms with Gasteiger partial charge >= 0.3 is 19.8 Å². The van der Waals surface area contributed by atoms with Gasteiger partial charge in [-0.3, -0.25) is 18.6 Å². The van der Waals surface area contributed by atoms with Gasteiger partial charge in [-0.25, -0.2) is 4.57 Å². The van der Waals surface area contributed by atoms with Gasteiger partial charge in [0.1, 0.15) is 12.7 Å². The zero-order valence-corrected chi connectivity index (χ0v) is 43.1. The van der Waals surface area contributed by atoms with Crippen molar-refractivity contribution in [3.63, 3.8) is 0 Å². The molecule has 0 fully saturated rings. The first-order valence-electron chi connectivity index (χ1n) is 27.3. The molecule has 3 N–H and O–H groups in total. The number of hydrogen-bond donors (Lipinski definition) is 3. The first-order chi connectivity index (χ1) is 31.7. The van der Waals surface area contributed by atoms with Gasteiger partial charge in [0.25, 0.3) is 0 Å². The molecule has 0 saturated carbocycles. The van der Waals surface area contributed by atoms with E-state index >= 15 is 0 Å². The summed E-state index contributed by atoms with van der Waals surface area (Å²) in [5, 5.41) is 18.4. The van der Waals surface area contributed by atoms with E-state index in [1.165, 1.54) is 199 Å². The van der Waals surface area contributed by atoms with E-state index in [-0.39, 0.29) is 19.4 Å². The molecule has 0 aromatic heterocycles. The topological polar surface area (TPSA) is 149 Å². The number of aliphatic hydroxyl groups is 2. The number of phosphoric ester groups is 1. The van der Waals surface area contributed by atoms with Gasteiger partial charge in [-0.15, -0.1) is 0 Å². The number of esters is 2. The Morgan fingerprint density at radius 1 is 0.446 bits per heavy atom. The average Bonchev–Trinajstić information content (AvgIpc) is 3.30. The van der Waals surface area contributed by atoms with Crippen LogP contribution in [0.2, 0.25) is 0 Å². The highest BCUT2D eigenvalue weighted by Crippen LogP contribution is 2.43. The molecule has 3 atom stereocenters. The van der Waals surface area contributed by atoms with Gasteiger partial charge in [0.05, 0.1) is 19.8 Å². The maximum absolute atomic E-state index is 12.7. The molecule has 0 aliphatic rings. The molecular formula is C54H103O10P. The Kier molecular flexibility index (Phi) is 49.1. The van der Waals surface area contributed by atoms with Crippen LogP contribution >= 0.6 is 7.82 Å². The number of carbonyl (C=O) groups excluding carboxylic acids is 2. The number of rotatable bonds is 52. The van der Waals surface area contributed by atoms with Gasteiger partial charge in [-0.1, -0.05) is 224 Å². The van der Waals surface area contributed by atoms with Crippen LogP contribution in [0.25, 0.3) is 0 Å². The summed E-state index contributed by atoms with van der Waals surface area (Å²) in [6.07, 6.45) is 54.5. The summed E-state index contributed by atoms with van der Waals surface area (Å²) >= 11 is 0. The summed E-state index contributed by atoms with van der Waals surface area (Å²) in [7, 11) is -4.63. The molecule has 0 aromatic carbocycles. The second-order valence-electron chi connectivity index (χ2n) is 18.6. The number of phosphoric acid groups is 1. The maximum atomic E-state index is 12.7. The van der Waals surface area contributed by atoms with E-state index in [0.717, 1.165) is 32.1 Å². The standard InChI is InChI=1S/C54H103O10P/c1-3-5-7-9-11-13-15-17-19-21-23-24-25-26-28-30-32-34-36-38-40-42-44-46-54(58)64-52(50-63-65(59,60)62-48-51(56)47-55)49-61-53(57)45-43-41-39-37-35-33-31-29-27-22-20-18-16-14-12-10-8-6-4-2/h18,20,38,40,51-52,55-56H,3-17,19,21-37,39,41-50H2,1-2H3,(H,59,60)/b20-18+,40-38+/t51-,52+/m0/s1. The first kappa shape index (κ1) is 63.5. The number of hydrogen-bond acceptors (Lipinski definition) is 9. The van der Waals surface area contributed by atoms with Crippen molar-refractivity contribution in [1.82, 2.24) is 0 Å². The zero-order chi connectivity index (χ0) is 47.6. The minimum absolute atomic E-state index is 0.140. The highest BCUT2D eigenvalue weighted by Gasteiger charge is 2.27. The second kappa shape index (κ2) is 50.3. The molecule has 0 saturated heterocycles. The van der Waals surface area contributed by atoms with Crippen LogP contribution in [0.3, 0.4) is 0 Å². The van der Waals surface area contributed by atoms with Crippen molar-refractivity contribution in [2.24, 2.45) is 0 Å². The summed E-state index contributed by atoms with van der Waals surface area (Å²) < 4.78 is 32.9. The maximum Gasteiger partial charge on any atom is 0.472 e. The highest BCUT2D eigenvalue weighted by atomic mass is 31.2. The molecule has 11 heteroatoms. The third-order valence-corrected chi connectivity index (χ3v) is 13.0. The minimum atomic E-state index is -4.63. The summed E-state index contributed by atoms with van der Waals surface area (Å²) in [5.41, 5.74) is 0. The Morgan fingerprint density at radius 2 is 0.769 bits per heavy atom. The quantitative estimate of drug-likeness (QED) is 0.0233. The van der Waals surface area contributed by atoms with Gasteiger partial charge < -0.3 is 24.6 Å². The van der Waals surface area contributed by atoms with Crippen LogP contribution in [-0.4, -0.2) is 65.7 Å². The molecule has 0 spiro atoms. The molecule has 0 aliphatic carbocycles. The lowest BCUT2D eigenvalue weighted by Gasteiger charge is -2.20. The Hall–Kier alpha value is -1.55. The van der Waals surface area contributed by atoms with E-state index in [1.54, 1.807) is 0 Å². The SMILES string of the molecule is CCCCCCCC/C=C/CCCCCCCCCCCC(=O)OC[C@H](COP(=O)(O)OC[C@@H](O)CO)OC(=O)CCC/C=C/CCCCCCCCCCCCCCCCCCCC. The number of carbonyl (C=O) groups is 2. The van der Waals surface area contributed by atoms with Crippen LogP contribution in [0, 0.1) is 0 Å². The lowest BCUT2D eigenvalue weighted by molar-refractivity contribution is -0.161. The molecule has 0 bridgehead atoms. The van der Waals surface area contributed by atoms with Crippen LogP contribution < -0.4 is 0 Å². The molecule has 0 amide bonds. The van der Waals surface area contributed by atoms with Crippen LogP contribution in [-0.2, 0) is 32.7 Å². The summed E-state index contributed by atoms with van der Waals surface area (Å²) in [5.74, 6) is -0.951. The molecular weight excluding hydrogens is 840 g/mol. The highest BCUT2D eigenvalue weighted by molar-refractivity contribution is 7.47. The van der Waals surface area contributed by atoms with Crippen molar-refractivity contribution in [2.45, 2.75) is 283 Å². The predicted molar refractivity (Wildman–Crippen MR) is 270 cm³/mol. The fourth-order valence-electron chi connectivity index (χ4n) is 7.88. The number of aliphatic hydroxyl groups excluding tert-OH is 2. The molecule has 0 heterocycles. The Labute approximate surface area is 399 Å². The van der Waals surface area contributed by atoms with Gasteiger partial charge in [0.2, 0.25) is 0 Å². The normalized spacial score (nSPS) is 13.7. The van der Waals surface area contributed by atoms with Gasteiger partial charge in [0, 0.05) is 12.8 Å². The number of allylic oxidation sites excluding steroid dienone is 4. The van der Waals surface area contributed by atoms with Gasteiger partial charge in [-0.05, 0) is 57.8 Å². The third-order valence-electron chi connectivity index (χ3n) is 12.1. The summed E-state index contributed by atoms with van der Waals surface area (Å²) in [6.45, 7) is 2.40. The fourth-order valence-corrected chi connectivity index (χ4v) is 8.67. The van der Waals surface area contributed by atoms with E-state index in [4.69, 9.17) is 23.6 Å². The monoisotopic (exact) mass is 943 g/mol. The molecule has 0 radical (unpaired) electrons. The number of ether oxygens (including phenoxy) is 2. The third kappa shape index (κ3) is 50.2. The first-order valence-corrected chi connectivity index (χ1v) is 28.8. The van der Waals surface area contributed by atoms with Crippen molar-refractivity contribution in [3.05, 3.63) is 24.3 Å². The largest absolute Gasteiger partial charge is 0.472 e. The zero-order valence-electron chi connectivity index (χ0n) is 42.2.